The van der Waals surface area contributed by atoms with Crippen LogP contribution >= 0.6 is 0 Å². The molecule has 80 valence electrons. The van der Waals surface area contributed by atoms with Gasteiger partial charge in [-0.05, 0) is 17.7 Å². The molecule has 1 heterocycles. The molecule has 4 heteroatoms. The second kappa shape index (κ2) is 4.49. The van der Waals surface area contributed by atoms with E-state index in [1.54, 1.807) is 10.9 Å². The number of nitrogens with zero attached hydrogens (tertiary/aromatic N) is 3. The van der Waals surface area contributed by atoms with Gasteiger partial charge in [0.1, 0.15) is 5.82 Å². The van der Waals surface area contributed by atoms with E-state index in [1.807, 2.05) is 37.4 Å². The number of rotatable bonds is 3. The highest BCUT2D eigenvalue weighted by Crippen LogP contribution is 2.08. The van der Waals surface area contributed by atoms with Gasteiger partial charge in [-0.1, -0.05) is 12.1 Å². The van der Waals surface area contributed by atoms with E-state index in [1.165, 1.54) is 0 Å². The first kappa shape index (κ1) is 10.2. The molecule has 0 unspecified atom stereocenters. The Morgan fingerprint density at radius 3 is 2.62 bits per heavy atom. The molecule has 2 rings (SSSR count). The monoisotopic (exact) mass is 212 g/mol. The van der Waals surface area contributed by atoms with Crippen molar-refractivity contribution >= 4 is 5.82 Å². The maximum atomic E-state index is 8.67. The van der Waals surface area contributed by atoms with Crippen LogP contribution in [0.4, 0.5) is 5.82 Å². The first-order valence-corrected chi connectivity index (χ1v) is 5.00. The highest BCUT2D eigenvalue weighted by Gasteiger charge is 1.98. The van der Waals surface area contributed by atoms with Crippen molar-refractivity contribution in [2.24, 2.45) is 7.05 Å². The lowest BCUT2D eigenvalue weighted by Crippen LogP contribution is -2.04. The highest BCUT2D eigenvalue weighted by atomic mass is 15.3. The van der Waals surface area contributed by atoms with Gasteiger partial charge in [0.05, 0.1) is 17.8 Å². The Morgan fingerprint density at radius 2 is 2.06 bits per heavy atom. The number of aromatic nitrogens is 2. The molecular formula is C12H12N4. The molecule has 0 radical (unpaired) electrons. The molecule has 0 saturated carbocycles. The minimum atomic E-state index is 0.685. The van der Waals surface area contributed by atoms with Crippen molar-refractivity contribution in [2.45, 2.75) is 6.54 Å². The molecule has 0 bridgehead atoms. The van der Waals surface area contributed by atoms with E-state index in [-0.39, 0.29) is 0 Å². The predicted octanol–water partition coefficient (Wildman–Crippen LogP) is 1.90. The highest BCUT2D eigenvalue weighted by molar-refractivity contribution is 5.37. The second-order valence-corrected chi connectivity index (χ2v) is 3.50. The van der Waals surface area contributed by atoms with E-state index >= 15 is 0 Å². The molecule has 2 aromatic rings. The smallest absolute Gasteiger partial charge is 0.124 e. The first-order chi connectivity index (χ1) is 7.79. The number of anilines is 1. The van der Waals surface area contributed by atoms with Crippen molar-refractivity contribution in [3.05, 3.63) is 47.7 Å². The van der Waals surface area contributed by atoms with E-state index in [0.717, 1.165) is 17.9 Å². The molecule has 0 atom stereocenters. The van der Waals surface area contributed by atoms with Crippen LogP contribution in [0.15, 0.2) is 36.5 Å². The van der Waals surface area contributed by atoms with Gasteiger partial charge in [-0.15, -0.1) is 0 Å². The van der Waals surface area contributed by atoms with Gasteiger partial charge in [0.15, 0.2) is 0 Å². The zero-order valence-electron chi connectivity index (χ0n) is 9.01. The van der Waals surface area contributed by atoms with E-state index in [0.29, 0.717) is 5.56 Å². The molecule has 1 N–H and O–H groups in total. The third-order valence-electron chi connectivity index (χ3n) is 2.38. The summed E-state index contributed by atoms with van der Waals surface area (Å²) in [5.74, 6) is 0.976. The SMILES string of the molecule is Cn1nccc1NCc1ccc(C#N)cc1. The average molecular weight is 212 g/mol. The fraction of sp³-hybridized carbons (Fsp3) is 0.167. The summed E-state index contributed by atoms with van der Waals surface area (Å²) in [6, 6.07) is 11.6. The Kier molecular flexibility index (Phi) is 2.88. The Morgan fingerprint density at radius 1 is 1.31 bits per heavy atom. The molecule has 0 aliphatic carbocycles. The van der Waals surface area contributed by atoms with Crippen LogP contribution in [0.3, 0.4) is 0 Å². The van der Waals surface area contributed by atoms with Crippen LogP contribution < -0.4 is 5.32 Å². The summed E-state index contributed by atoms with van der Waals surface area (Å²) in [4.78, 5) is 0. The molecule has 1 aromatic heterocycles. The van der Waals surface area contributed by atoms with Gasteiger partial charge in [-0.2, -0.15) is 10.4 Å². The van der Waals surface area contributed by atoms with Gasteiger partial charge in [0, 0.05) is 19.7 Å². The Labute approximate surface area is 94.1 Å². The van der Waals surface area contributed by atoms with Crippen molar-refractivity contribution in [1.29, 1.82) is 5.26 Å². The molecular weight excluding hydrogens is 200 g/mol. The predicted molar refractivity (Wildman–Crippen MR) is 61.7 cm³/mol. The number of hydrogen-bond acceptors (Lipinski definition) is 3. The summed E-state index contributed by atoms with van der Waals surface area (Å²) in [5, 5.41) is 16.0. The molecule has 1 aromatic carbocycles. The fourth-order valence-corrected chi connectivity index (χ4v) is 1.44. The Balaban J connectivity index is 2.00. The summed E-state index contributed by atoms with van der Waals surface area (Å²) in [5.41, 5.74) is 1.82. The maximum absolute atomic E-state index is 8.67. The normalized spacial score (nSPS) is 9.75. The third-order valence-corrected chi connectivity index (χ3v) is 2.38. The standard InChI is InChI=1S/C12H12N4/c1-16-12(6-7-15-16)14-9-11-4-2-10(8-13)3-5-11/h2-7,14H,9H2,1H3. The molecule has 0 aliphatic rings. The number of nitrogens with one attached hydrogen (secondary N) is 1. The molecule has 16 heavy (non-hydrogen) atoms. The molecule has 0 amide bonds. The van der Waals surface area contributed by atoms with E-state index in [9.17, 15) is 0 Å². The lowest BCUT2D eigenvalue weighted by molar-refractivity contribution is 0.769. The number of aryl methyl sites for hydroxylation is 1. The zero-order chi connectivity index (χ0) is 11.4. The fourth-order valence-electron chi connectivity index (χ4n) is 1.44. The van der Waals surface area contributed by atoms with Crippen LogP contribution in [-0.2, 0) is 13.6 Å². The van der Waals surface area contributed by atoms with Gasteiger partial charge in [0.25, 0.3) is 0 Å². The Bertz CT molecular complexity index is 505. The largest absolute Gasteiger partial charge is 0.366 e. The molecule has 0 saturated heterocycles. The van der Waals surface area contributed by atoms with Gasteiger partial charge >= 0.3 is 0 Å². The molecule has 0 fully saturated rings. The number of hydrogen-bond donors (Lipinski definition) is 1. The van der Waals surface area contributed by atoms with Crippen LogP contribution in [0.25, 0.3) is 0 Å². The summed E-state index contributed by atoms with van der Waals surface area (Å²) in [7, 11) is 1.89. The van der Waals surface area contributed by atoms with Crippen LogP contribution in [0.5, 0.6) is 0 Å². The van der Waals surface area contributed by atoms with Crippen LogP contribution in [0.2, 0.25) is 0 Å². The first-order valence-electron chi connectivity index (χ1n) is 5.00. The van der Waals surface area contributed by atoms with Crippen LogP contribution in [0, 0.1) is 11.3 Å². The Hall–Kier alpha value is -2.28. The molecule has 0 spiro atoms. The van der Waals surface area contributed by atoms with Crippen molar-refractivity contribution in [2.75, 3.05) is 5.32 Å². The number of benzene rings is 1. The lowest BCUT2D eigenvalue weighted by atomic mass is 10.1. The van der Waals surface area contributed by atoms with Gasteiger partial charge in [-0.3, -0.25) is 4.68 Å². The van der Waals surface area contributed by atoms with Gasteiger partial charge < -0.3 is 5.32 Å². The van der Waals surface area contributed by atoms with Crippen molar-refractivity contribution in [1.82, 2.24) is 9.78 Å². The summed E-state index contributed by atoms with van der Waals surface area (Å²) >= 11 is 0. The van der Waals surface area contributed by atoms with Crippen molar-refractivity contribution < 1.29 is 0 Å². The summed E-state index contributed by atoms with van der Waals surface area (Å²) in [6.45, 7) is 0.727. The van der Waals surface area contributed by atoms with Crippen LogP contribution in [-0.4, -0.2) is 9.78 Å². The van der Waals surface area contributed by atoms with Gasteiger partial charge in [0.2, 0.25) is 0 Å². The summed E-state index contributed by atoms with van der Waals surface area (Å²) in [6.07, 6.45) is 1.75. The lowest BCUT2D eigenvalue weighted by Gasteiger charge is -2.06. The average Bonchev–Trinajstić information content (AvgIpc) is 2.73. The van der Waals surface area contributed by atoms with E-state index in [2.05, 4.69) is 16.5 Å². The minimum Gasteiger partial charge on any atom is -0.366 e. The van der Waals surface area contributed by atoms with Crippen molar-refractivity contribution in [3.8, 4) is 6.07 Å². The molecule has 0 aliphatic heterocycles. The van der Waals surface area contributed by atoms with E-state index in [4.69, 9.17) is 5.26 Å². The molecule has 4 nitrogen and oxygen atoms in total. The summed E-state index contributed by atoms with van der Waals surface area (Å²) < 4.78 is 1.78. The topological polar surface area (TPSA) is 53.6 Å². The quantitative estimate of drug-likeness (QED) is 0.845. The second-order valence-electron chi connectivity index (χ2n) is 3.50. The zero-order valence-corrected chi connectivity index (χ0v) is 9.01. The minimum absolute atomic E-state index is 0.685. The van der Waals surface area contributed by atoms with Crippen molar-refractivity contribution in [3.63, 3.8) is 0 Å². The van der Waals surface area contributed by atoms with Crippen LogP contribution in [0.1, 0.15) is 11.1 Å². The van der Waals surface area contributed by atoms with E-state index < -0.39 is 0 Å². The van der Waals surface area contributed by atoms with Gasteiger partial charge in [-0.25, -0.2) is 0 Å². The number of nitriles is 1. The third kappa shape index (κ3) is 2.20. The maximum Gasteiger partial charge on any atom is 0.124 e.